The van der Waals surface area contributed by atoms with E-state index in [4.69, 9.17) is 5.11 Å². The fourth-order valence-electron chi connectivity index (χ4n) is 1.76. The van der Waals surface area contributed by atoms with E-state index in [-0.39, 0.29) is 11.9 Å². The third kappa shape index (κ3) is 2.90. The van der Waals surface area contributed by atoms with Crippen molar-refractivity contribution < 1.29 is 14.7 Å². The molecule has 3 unspecified atom stereocenters. The zero-order chi connectivity index (χ0) is 12.3. The lowest BCUT2D eigenvalue weighted by Crippen LogP contribution is -2.42. The van der Waals surface area contributed by atoms with Crippen molar-refractivity contribution in [3.05, 3.63) is 0 Å². The van der Waals surface area contributed by atoms with Gasteiger partial charge in [-0.25, -0.2) is 0 Å². The van der Waals surface area contributed by atoms with Gasteiger partial charge in [0.2, 0.25) is 5.91 Å². The number of hydrogen-bond donors (Lipinski definition) is 1. The fraction of sp³-hybridized carbons (Fsp3) is 0.818. The highest BCUT2D eigenvalue weighted by Gasteiger charge is 2.31. The normalized spacial score (nSPS) is 23.8. The number of rotatable bonds is 4. The Balaban J connectivity index is 2.58. The van der Waals surface area contributed by atoms with E-state index < -0.39 is 17.8 Å². The van der Waals surface area contributed by atoms with Crippen LogP contribution in [0.2, 0.25) is 0 Å². The van der Waals surface area contributed by atoms with Crippen LogP contribution in [0.25, 0.3) is 0 Å². The minimum Gasteiger partial charge on any atom is -0.481 e. The highest BCUT2D eigenvalue weighted by molar-refractivity contribution is 7.99. The average molecular weight is 245 g/mol. The molecule has 0 spiro atoms. The summed E-state index contributed by atoms with van der Waals surface area (Å²) < 4.78 is 0. The Bertz CT molecular complexity index is 276. The fourth-order valence-corrected chi connectivity index (χ4v) is 3.02. The van der Waals surface area contributed by atoms with Crippen molar-refractivity contribution in [3.8, 4) is 0 Å². The smallest absolute Gasteiger partial charge is 0.307 e. The van der Waals surface area contributed by atoms with Crippen molar-refractivity contribution >= 4 is 23.6 Å². The number of amides is 1. The van der Waals surface area contributed by atoms with Gasteiger partial charge in [-0.15, -0.1) is 0 Å². The summed E-state index contributed by atoms with van der Waals surface area (Å²) in [6.45, 7) is 3.28. The second kappa shape index (κ2) is 5.57. The first-order valence-electron chi connectivity index (χ1n) is 5.52. The van der Waals surface area contributed by atoms with Crippen molar-refractivity contribution in [1.82, 2.24) is 4.90 Å². The highest BCUT2D eigenvalue weighted by atomic mass is 32.2. The molecule has 1 saturated heterocycles. The van der Waals surface area contributed by atoms with Crippen molar-refractivity contribution in [2.24, 2.45) is 11.8 Å². The van der Waals surface area contributed by atoms with E-state index in [1.54, 1.807) is 25.8 Å². The second-order valence-corrected chi connectivity index (χ2v) is 5.53. The molecule has 0 bridgehead atoms. The molecule has 0 aromatic rings. The van der Waals surface area contributed by atoms with Crippen LogP contribution in [-0.2, 0) is 9.59 Å². The molecule has 0 aromatic heterocycles. The van der Waals surface area contributed by atoms with Gasteiger partial charge in [-0.2, -0.15) is 11.8 Å². The van der Waals surface area contributed by atoms with Gasteiger partial charge in [-0.05, 0) is 12.2 Å². The summed E-state index contributed by atoms with van der Waals surface area (Å²) in [5, 5.41) is 8.87. The lowest BCUT2D eigenvalue weighted by molar-refractivity contribution is -0.149. The molecular formula is C11H19NO3S. The van der Waals surface area contributed by atoms with Gasteiger partial charge in [-0.3, -0.25) is 9.59 Å². The maximum Gasteiger partial charge on any atom is 0.307 e. The molecule has 0 aromatic carbocycles. The second-order valence-electron chi connectivity index (χ2n) is 4.38. The molecule has 1 amide bonds. The summed E-state index contributed by atoms with van der Waals surface area (Å²) in [6.07, 6.45) is 1.01. The van der Waals surface area contributed by atoms with Crippen molar-refractivity contribution in [2.75, 3.05) is 18.6 Å². The van der Waals surface area contributed by atoms with E-state index in [9.17, 15) is 9.59 Å². The van der Waals surface area contributed by atoms with Gasteiger partial charge in [0.15, 0.2) is 0 Å². The molecule has 0 saturated carbocycles. The van der Waals surface area contributed by atoms with Crippen LogP contribution >= 0.6 is 11.8 Å². The Labute approximate surface area is 100 Å². The third-order valence-corrected chi connectivity index (χ3v) is 4.47. The molecule has 0 radical (unpaired) electrons. The van der Waals surface area contributed by atoms with E-state index in [1.165, 1.54) is 0 Å². The van der Waals surface area contributed by atoms with Gasteiger partial charge in [0.25, 0.3) is 0 Å². The summed E-state index contributed by atoms with van der Waals surface area (Å²) in [5.41, 5.74) is 0. The Kier molecular flexibility index (Phi) is 4.65. The first kappa shape index (κ1) is 13.4. The number of carboxylic acids is 1. The van der Waals surface area contributed by atoms with E-state index in [1.807, 2.05) is 11.8 Å². The van der Waals surface area contributed by atoms with Crippen LogP contribution in [0.3, 0.4) is 0 Å². The largest absolute Gasteiger partial charge is 0.481 e. The third-order valence-electron chi connectivity index (χ3n) is 3.33. The lowest BCUT2D eigenvalue weighted by atomic mass is 9.94. The van der Waals surface area contributed by atoms with Gasteiger partial charge in [0.1, 0.15) is 0 Å². The Hall–Kier alpha value is -0.710. The Morgan fingerprint density at radius 3 is 2.44 bits per heavy atom. The number of aliphatic carboxylic acids is 1. The summed E-state index contributed by atoms with van der Waals surface area (Å²) in [7, 11) is 1.78. The average Bonchev–Trinajstić information content (AvgIpc) is 2.78. The van der Waals surface area contributed by atoms with Crippen LogP contribution in [0.4, 0.5) is 0 Å². The van der Waals surface area contributed by atoms with Crippen molar-refractivity contribution in [2.45, 2.75) is 26.3 Å². The van der Waals surface area contributed by atoms with Gasteiger partial charge in [0.05, 0.1) is 5.92 Å². The van der Waals surface area contributed by atoms with E-state index in [0.29, 0.717) is 0 Å². The molecule has 3 atom stereocenters. The SMILES string of the molecule is CC(C(=O)O)C(C)C(=O)N(C)C1CCSC1. The number of carbonyl (C=O) groups excluding carboxylic acids is 1. The van der Waals surface area contributed by atoms with Crippen LogP contribution in [0, 0.1) is 11.8 Å². The number of nitrogens with zero attached hydrogens (tertiary/aromatic N) is 1. The quantitative estimate of drug-likeness (QED) is 0.811. The maximum absolute atomic E-state index is 12.0. The monoisotopic (exact) mass is 245 g/mol. The molecule has 1 heterocycles. The molecule has 0 aliphatic carbocycles. The predicted octanol–water partition coefficient (Wildman–Crippen LogP) is 1.31. The molecule has 1 N–H and O–H groups in total. The molecule has 5 heteroatoms. The molecule has 1 aliphatic rings. The summed E-state index contributed by atoms with van der Waals surface area (Å²) in [4.78, 5) is 24.6. The zero-order valence-electron chi connectivity index (χ0n) is 9.97. The van der Waals surface area contributed by atoms with Crippen LogP contribution in [-0.4, -0.2) is 46.5 Å². The maximum atomic E-state index is 12.0. The van der Waals surface area contributed by atoms with Crippen LogP contribution in [0.5, 0.6) is 0 Å². The zero-order valence-corrected chi connectivity index (χ0v) is 10.8. The van der Waals surface area contributed by atoms with Gasteiger partial charge >= 0.3 is 5.97 Å². The summed E-state index contributed by atoms with van der Waals surface area (Å²) >= 11 is 1.84. The lowest BCUT2D eigenvalue weighted by Gasteiger charge is -2.28. The molecule has 16 heavy (non-hydrogen) atoms. The first-order valence-corrected chi connectivity index (χ1v) is 6.67. The molecular weight excluding hydrogens is 226 g/mol. The van der Waals surface area contributed by atoms with Crippen LogP contribution in [0.15, 0.2) is 0 Å². The Morgan fingerprint density at radius 2 is 2.00 bits per heavy atom. The van der Waals surface area contributed by atoms with E-state index >= 15 is 0 Å². The van der Waals surface area contributed by atoms with Crippen LogP contribution in [0.1, 0.15) is 20.3 Å². The van der Waals surface area contributed by atoms with Gasteiger partial charge in [-0.1, -0.05) is 13.8 Å². The van der Waals surface area contributed by atoms with Crippen molar-refractivity contribution in [3.63, 3.8) is 0 Å². The molecule has 1 fully saturated rings. The van der Waals surface area contributed by atoms with Gasteiger partial charge in [0, 0.05) is 24.8 Å². The number of thioether (sulfide) groups is 1. The molecule has 1 rings (SSSR count). The predicted molar refractivity (Wildman–Crippen MR) is 64.5 cm³/mol. The minimum absolute atomic E-state index is 0.0533. The number of hydrogen-bond acceptors (Lipinski definition) is 3. The molecule has 4 nitrogen and oxygen atoms in total. The van der Waals surface area contributed by atoms with E-state index in [2.05, 4.69) is 0 Å². The molecule has 92 valence electrons. The van der Waals surface area contributed by atoms with Crippen LogP contribution < -0.4 is 0 Å². The summed E-state index contributed by atoms with van der Waals surface area (Å²) in [6, 6.07) is 0.279. The minimum atomic E-state index is -0.907. The Morgan fingerprint density at radius 1 is 1.38 bits per heavy atom. The topological polar surface area (TPSA) is 57.6 Å². The number of carbonyl (C=O) groups is 2. The van der Waals surface area contributed by atoms with Gasteiger partial charge < -0.3 is 10.0 Å². The standard InChI is InChI=1S/C11H19NO3S/c1-7(8(2)11(14)15)10(13)12(3)9-4-5-16-6-9/h7-9H,4-6H2,1-3H3,(H,14,15). The first-order chi connectivity index (χ1) is 7.45. The van der Waals surface area contributed by atoms with Crippen molar-refractivity contribution in [1.29, 1.82) is 0 Å². The highest BCUT2D eigenvalue weighted by Crippen LogP contribution is 2.24. The van der Waals surface area contributed by atoms with E-state index in [0.717, 1.165) is 17.9 Å². The summed E-state index contributed by atoms with van der Waals surface area (Å²) in [5.74, 6) is 0.0243. The number of carboxylic acid groups (broad SMARTS) is 1. The molecule has 1 aliphatic heterocycles.